The third kappa shape index (κ3) is 3.37. The van der Waals surface area contributed by atoms with Crippen molar-refractivity contribution in [3.05, 3.63) is 48.2 Å². The number of anilines is 2. The van der Waals surface area contributed by atoms with E-state index < -0.39 is 0 Å². The Labute approximate surface area is 114 Å². The minimum absolute atomic E-state index is 0.501. The first-order valence-corrected chi connectivity index (χ1v) is 6.22. The average Bonchev–Trinajstić information content (AvgIpc) is 2.45. The van der Waals surface area contributed by atoms with Crippen LogP contribution in [0.25, 0.3) is 0 Å². The maximum atomic E-state index is 5.82. The van der Waals surface area contributed by atoms with Gasteiger partial charge in [-0.2, -0.15) is 0 Å². The van der Waals surface area contributed by atoms with Gasteiger partial charge in [-0.05, 0) is 18.2 Å². The first-order valence-electron chi connectivity index (χ1n) is 6.22. The standard InChI is InChI=1S/C15H19N3O/c1-16-15-12(6-5-9-17-15)11-19-14-8-4-7-13(10-14)18(2)3/h4-10H,11H2,1-3H3,(H,16,17). The third-order valence-electron chi connectivity index (χ3n) is 2.86. The Morgan fingerprint density at radius 3 is 2.79 bits per heavy atom. The summed E-state index contributed by atoms with van der Waals surface area (Å²) in [5.41, 5.74) is 2.16. The van der Waals surface area contributed by atoms with Gasteiger partial charge in [-0.15, -0.1) is 0 Å². The minimum Gasteiger partial charge on any atom is -0.489 e. The van der Waals surface area contributed by atoms with E-state index in [4.69, 9.17) is 4.74 Å². The van der Waals surface area contributed by atoms with Crippen molar-refractivity contribution in [1.29, 1.82) is 0 Å². The van der Waals surface area contributed by atoms with Gasteiger partial charge in [-0.1, -0.05) is 12.1 Å². The molecule has 100 valence electrons. The largest absolute Gasteiger partial charge is 0.489 e. The zero-order chi connectivity index (χ0) is 13.7. The van der Waals surface area contributed by atoms with Crippen molar-refractivity contribution < 1.29 is 4.74 Å². The number of hydrogen-bond acceptors (Lipinski definition) is 4. The number of nitrogens with zero attached hydrogens (tertiary/aromatic N) is 2. The van der Waals surface area contributed by atoms with Crippen LogP contribution in [0.5, 0.6) is 5.75 Å². The van der Waals surface area contributed by atoms with Crippen molar-refractivity contribution in [3.63, 3.8) is 0 Å². The molecule has 2 aromatic rings. The SMILES string of the molecule is CNc1ncccc1COc1cccc(N(C)C)c1. The van der Waals surface area contributed by atoms with Crippen LogP contribution in [0.1, 0.15) is 5.56 Å². The van der Waals surface area contributed by atoms with Crippen LogP contribution in [-0.2, 0) is 6.61 Å². The minimum atomic E-state index is 0.501. The fourth-order valence-corrected chi connectivity index (χ4v) is 1.79. The van der Waals surface area contributed by atoms with Crippen molar-refractivity contribution in [3.8, 4) is 5.75 Å². The second kappa shape index (κ2) is 6.09. The smallest absolute Gasteiger partial charge is 0.132 e. The summed E-state index contributed by atoms with van der Waals surface area (Å²) in [5, 5.41) is 3.06. The second-order valence-electron chi connectivity index (χ2n) is 4.44. The van der Waals surface area contributed by atoms with E-state index in [0.29, 0.717) is 6.61 Å². The summed E-state index contributed by atoms with van der Waals surface area (Å²) in [6, 6.07) is 11.9. The molecule has 0 saturated carbocycles. The molecule has 0 bridgehead atoms. The maximum absolute atomic E-state index is 5.82. The van der Waals surface area contributed by atoms with Gasteiger partial charge < -0.3 is 15.0 Å². The molecule has 1 aromatic heterocycles. The monoisotopic (exact) mass is 257 g/mol. The van der Waals surface area contributed by atoms with E-state index in [0.717, 1.165) is 22.8 Å². The molecule has 1 aromatic carbocycles. The van der Waals surface area contributed by atoms with Gasteiger partial charge >= 0.3 is 0 Å². The predicted molar refractivity (Wildman–Crippen MR) is 78.9 cm³/mol. The molecule has 0 unspecified atom stereocenters. The zero-order valence-corrected chi connectivity index (χ0v) is 11.6. The van der Waals surface area contributed by atoms with Gasteiger partial charge in [0.2, 0.25) is 0 Å². The Bertz CT molecular complexity index is 540. The van der Waals surface area contributed by atoms with E-state index >= 15 is 0 Å². The van der Waals surface area contributed by atoms with Gasteiger partial charge in [-0.25, -0.2) is 4.98 Å². The number of benzene rings is 1. The molecule has 0 saturated heterocycles. The number of hydrogen-bond donors (Lipinski definition) is 1. The molecule has 0 spiro atoms. The molecule has 0 radical (unpaired) electrons. The molecule has 1 N–H and O–H groups in total. The van der Waals surface area contributed by atoms with Crippen molar-refractivity contribution in [2.45, 2.75) is 6.61 Å². The van der Waals surface area contributed by atoms with Crippen LogP contribution in [0, 0.1) is 0 Å². The highest BCUT2D eigenvalue weighted by atomic mass is 16.5. The first-order chi connectivity index (χ1) is 9.20. The number of aromatic nitrogens is 1. The number of pyridine rings is 1. The Hall–Kier alpha value is -2.23. The number of rotatable bonds is 5. The van der Waals surface area contributed by atoms with Crippen LogP contribution >= 0.6 is 0 Å². The lowest BCUT2D eigenvalue weighted by Crippen LogP contribution is -2.08. The Morgan fingerprint density at radius 2 is 2.05 bits per heavy atom. The van der Waals surface area contributed by atoms with Crippen LogP contribution in [0.3, 0.4) is 0 Å². The van der Waals surface area contributed by atoms with E-state index in [1.165, 1.54) is 0 Å². The Kier molecular flexibility index (Phi) is 4.23. The van der Waals surface area contributed by atoms with Gasteiger partial charge in [-0.3, -0.25) is 0 Å². The maximum Gasteiger partial charge on any atom is 0.132 e. The highest BCUT2D eigenvalue weighted by molar-refractivity contribution is 5.49. The van der Waals surface area contributed by atoms with Gasteiger partial charge in [0.05, 0.1) is 0 Å². The summed E-state index contributed by atoms with van der Waals surface area (Å²) >= 11 is 0. The van der Waals surface area contributed by atoms with E-state index in [-0.39, 0.29) is 0 Å². The lowest BCUT2D eigenvalue weighted by atomic mass is 10.2. The fourth-order valence-electron chi connectivity index (χ4n) is 1.79. The first kappa shape index (κ1) is 13.2. The highest BCUT2D eigenvalue weighted by Crippen LogP contribution is 2.21. The summed E-state index contributed by atoms with van der Waals surface area (Å²) in [4.78, 5) is 6.31. The van der Waals surface area contributed by atoms with Crippen molar-refractivity contribution in [2.75, 3.05) is 31.4 Å². The van der Waals surface area contributed by atoms with Crippen LogP contribution in [0.4, 0.5) is 11.5 Å². The van der Waals surface area contributed by atoms with Crippen molar-refractivity contribution in [1.82, 2.24) is 4.98 Å². The van der Waals surface area contributed by atoms with Crippen LogP contribution in [-0.4, -0.2) is 26.1 Å². The zero-order valence-electron chi connectivity index (χ0n) is 11.6. The van der Waals surface area contributed by atoms with Crippen LogP contribution in [0.2, 0.25) is 0 Å². The molecule has 0 aliphatic carbocycles. The second-order valence-corrected chi connectivity index (χ2v) is 4.44. The molecular formula is C15H19N3O. The molecule has 4 nitrogen and oxygen atoms in total. The van der Waals surface area contributed by atoms with E-state index in [9.17, 15) is 0 Å². The van der Waals surface area contributed by atoms with Gasteiger partial charge in [0, 0.05) is 44.7 Å². The summed E-state index contributed by atoms with van der Waals surface area (Å²) in [6.07, 6.45) is 1.77. The normalized spacial score (nSPS) is 10.1. The molecular weight excluding hydrogens is 238 g/mol. The topological polar surface area (TPSA) is 37.4 Å². The van der Waals surface area contributed by atoms with E-state index in [2.05, 4.69) is 21.3 Å². The lowest BCUT2D eigenvalue weighted by molar-refractivity contribution is 0.306. The number of ether oxygens (including phenoxy) is 1. The Morgan fingerprint density at radius 1 is 1.21 bits per heavy atom. The third-order valence-corrected chi connectivity index (χ3v) is 2.86. The molecule has 0 aliphatic rings. The van der Waals surface area contributed by atoms with Crippen LogP contribution < -0.4 is 15.0 Å². The Balaban J connectivity index is 2.08. The molecule has 4 heteroatoms. The van der Waals surface area contributed by atoms with Crippen LogP contribution in [0.15, 0.2) is 42.6 Å². The van der Waals surface area contributed by atoms with E-state index in [1.807, 2.05) is 51.5 Å². The molecule has 0 atom stereocenters. The van der Waals surface area contributed by atoms with Gasteiger partial charge in [0.25, 0.3) is 0 Å². The van der Waals surface area contributed by atoms with Crippen molar-refractivity contribution in [2.24, 2.45) is 0 Å². The van der Waals surface area contributed by atoms with Gasteiger partial charge in [0.15, 0.2) is 0 Å². The predicted octanol–water partition coefficient (Wildman–Crippen LogP) is 2.77. The molecule has 2 rings (SSSR count). The molecule has 0 fully saturated rings. The summed E-state index contributed by atoms with van der Waals surface area (Å²) in [6.45, 7) is 0.501. The number of nitrogens with one attached hydrogen (secondary N) is 1. The highest BCUT2D eigenvalue weighted by Gasteiger charge is 2.03. The molecule has 0 aliphatic heterocycles. The van der Waals surface area contributed by atoms with Crippen molar-refractivity contribution >= 4 is 11.5 Å². The fraction of sp³-hybridized carbons (Fsp3) is 0.267. The van der Waals surface area contributed by atoms with Gasteiger partial charge in [0.1, 0.15) is 18.2 Å². The molecule has 0 amide bonds. The summed E-state index contributed by atoms with van der Waals surface area (Å²) in [7, 11) is 5.89. The summed E-state index contributed by atoms with van der Waals surface area (Å²) < 4.78 is 5.82. The quantitative estimate of drug-likeness (QED) is 0.893. The van der Waals surface area contributed by atoms with E-state index in [1.54, 1.807) is 6.20 Å². The molecule has 19 heavy (non-hydrogen) atoms. The summed E-state index contributed by atoms with van der Waals surface area (Å²) in [5.74, 6) is 1.71. The molecule has 1 heterocycles. The lowest BCUT2D eigenvalue weighted by Gasteiger charge is -2.14. The average molecular weight is 257 g/mol.